The highest BCUT2D eigenvalue weighted by Gasteiger charge is 2.10. The van der Waals surface area contributed by atoms with Crippen LogP contribution in [0.15, 0.2) is 29.6 Å². The van der Waals surface area contributed by atoms with Gasteiger partial charge in [-0.25, -0.2) is 9.37 Å². The monoisotopic (exact) mass is 279 g/mol. The molecule has 1 amide bonds. The zero-order valence-electron chi connectivity index (χ0n) is 10.2. The molecule has 100 valence electrons. The third-order valence-electron chi connectivity index (χ3n) is 2.48. The predicted molar refractivity (Wildman–Crippen MR) is 72.4 cm³/mol. The Bertz CT molecular complexity index is 571. The van der Waals surface area contributed by atoms with E-state index in [1.54, 1.807) is 17.5 Å². The molecule has 0 aliphatic heterocycles. The SMILES string of the molecule is NCCc1nc(C(=O)NCc2cccc(F)c2)cs1. The summed E-state index contributed by atoms with van der Waals surface area (Å²) in [6.07, 6.45) is 0.668. The van der Waals surface area contributed by atoms with Gasteiger partial charge in [-0.15, -0.1) is 11.3 Å². The van der Waals surface area contributed by atoms with Crippen molar-refractivity contribution in [2.24, 2.45) is 5.73 Å². The summed E-state index contributed by atoms with van der Waals surface area (Å²) in [6, 6.07) is 6.12. The standard InChI is InChI=1S/C13H14FN3OS/c14-10-3-1-2-9(6-10)7-16-13(18)11-8-19-12(17-11)4-5-15/h1-3,6,8H,4-5,7,15H2,(H,16,18). The van der Waals surface area contributed by atoms with Crippen LogP contribution < -0.4 is 11.1 Å². The number of halogens is 1. The van der Waals surface area contributed by atoms with Crippen LogP contribution in [0.2, 0.25) is 0 Å². The number of aromatic nitrogens is 1. The van der Waals surface area contributed by atoms with Crippen LogP contribution in [0, 0.1) is 5.82 Å². The van der Waals surface area contributed by atoms with Gasteiger partial charge in [0.1, 0.15) is 11.5 Å². The Balaban J connectivity index is 1.93. The van der Waals surface area contributed by atoms with E-state index in [-0.39, 0.29) is 18.3 Å². The average Bonchev–Trinajstić information content (AvgIpc) is 2.85. The van der Waals surface area contributed by atoms with Gasteiger partial charge in [0.25, 0.3) is 5.91 Å². The molecule has 0 saturated carbocycles. The van der Waals surface area contributed by atoms with Gasteiger partial charge < -0.3 is 11.1 Å². The van der Waals surface area contributed by atoms with E-state index in [1.165, 1.54) is 23.5 Å². The van der Waals surface area contributed by atoms with Crippen molar-refractivity contribution in [3.8, 4) is 0 Å². The van der Waals surface area contributed by atoms with Gasteiger partial charge in [0.05, 0.1) is 5.01 Å². The van der Waals surface area contributed by atoms with Gasteiger partial charge in [-0.1, -0.05) is 12.1 Å². The first-order valence-electron chi connectivity index (χ1n) is 5.86. The fourth-order valence-electron chi connectivity index (χ4n) is 1.57. The van der Waals surface area contributed by atoms with Crippen molar-refractivity contribution in [1.82, 2.24) is 10.3 Å². The Kier molecular flexibility index (Phi) is 4.59. The molecular formula is C13H14FN3OS. The Morgan fingerprint density at radius 3 is 3.05 bits per heavy atom. The molecule has 6 heteroatoms. The van der Waals surface area contributed by atoms with E-state index in [0.717, 1.165) is 5.01 Å². The molecule has 19 heavy (non-hydrogen) atoms. The Hall–Kier alpha value is -1.79. The quantitative estimate of drug-likeness (QED) is 0.875. The van der Waals surface area contributed by atoms with Crippen molar-refractivity contribution >= 4 is 17.2 Å². The maximum atomic E-state index is 13.0. The maximum Gasteiger partial charge on any atom is 0.271 e. The van der Waals surface area contributed by atoms with E-state index >= 15 is 0 Å². The van der Waals surface area contributed by atoms with Gasteiger partial charge in [0, 0.05) is 18.3 Å². The summed E-state index contributed by atoms with van der Waals surface area (Å²) in [4.78, 5) is 16.0. The number of carbonyl (C=O) groups is 1. The predicted octanol–water partition coefficient (Wildman–Crippen LogP) is 1.71. The van der Waals surface area contributed by atoms with Crippen LogP contribution in [-0.2, 0) is 13.0 Å². The minimum absolute atomic E-state index is 0.260. The van der Waals surface area contributed by atoms with Crippen molar-refractivity contribution < 1.29 is 9.18 Å². The van der Waals surface area contributed by atoms with Crippen LogP contribution in [0.5, 0.6) is 0 Å². The Morgan fingerprint density at radius 2 is 2.32 bits per heavy atom. The second-order valence-electron chi connectivity index (χ2n) is 3.98. The molecule has 1 aromatic carbocycles. The molecule has 0 radical (unpaired) electrons. The van der Waals surface area contributed by atoms with Crippen LogP contribution in [0.25, 0.3) is 0 Å². The van der Waals surface area contributed by atoms with Crippen molar-refractivity contribution in [3.63, 3.8) is 0 Å². The lowest BCUT2D eigenvalue weighted by atomic mass is 10.2. The summed E-state index contributed by atoms with van der Waals surface area (Å²) < 4.78 is 13.0. The average molecular weight is 279 g/mol. The molecule has 0 aliphatic carbocycles. The topological polar surface area (TPSA) is 68.0 Å². The fourth-order valence-corrected chi connectivity index (χ4v) is 2.37. The Morgan fingerprint density at radius 1 is 1.47 bits per heavy atom. The van der Waals surface area contributed by atoms with Crippen LogP contribution in [0.3, 0.4) is 0 Å². The minimum atomic E-state index is -0.314. The molecule has 2 aromatic rings. The van der Waals surface area contributed by atoms with E-state index < -0.39 is 0 Å². The number of hydrogen-bond donors (Lipinski definition) is 2. The number of nitrogens with zero attached hydrogens (tertiary/aromatic N) is 1. The summed E-state index contributed by atoms with van der Waals surface area (Å²) in [5, 5.41) is 5.25. The van der Waals surface area contributed by atoms with Crippen molar-refractivity contribution in [2.75, 3.05) is 6.54 Å². The zero-order valence-corrected chi connectivity index (χ0v) is 11.0. The summed E-state index contributed by atoms with van der Waals surface area (Å²) >= 11 is 1.41. The van der Waals surface area contributed by atoms with Crippen LogP contribution in [0.4, 0.5) is 4.39 Å². The molecule has 1 heterocycles. The number of nitrogens with one attached hydrogen (secondary N) is 1. The highest BCUT2D eigenvalue weighted by molar-refractivity contribution is 7.09. The molecule has 0 aliphatic rings. The molecule has 1 aromatic heterocycles. The summed E-state index contributed by atoms with van der Waals surface area (Å²) in [5.41, 5.74) is 6.52. The third-order valence-corrected chi connectivity index (χ3v) is 3.39. The number of nitrogens with two attached hydrogens (primary N) is 1. The van der Waals surface area contributed by atoms with Crippen LogP contribution >= 0.6 is 11.3 Å². The van der Waals surface area contributed by atoms with Crippen molar-refractivity contribution in [1.29, 1.82) is 0 Å². The third kappa shape index (κ3) is 3.84. The van der Waals surface area contributed by atoms with Gasteiger partial charge in [0.2, 0.25) is 0 Å². The molecule has 0 saturated heterocycles. The second-order valence-corrected chi connectivity index (χ2v) is 4.92. The van der Waals surface area contributed by atoms with Gasteiger partial charge in [0.15, 0.2) is 0 Å². The Labute approximate surface area is 114 Å². The van der Waals surface area contributed by atoms with Gasteiger partial charge in [-0.2, -0.15) is 0 Å². The number of amides is 1. The summed E-state index contributed by atoms with van der Waals surface area (Å²) in [6.45, 7) is 0.790. The normalized spacial score (nSPS) is 10.4. The number of thiazole rings is 1. The second kappa shape index (κ2) is 6.40. The molecule has 0 spiro atoms. The summed E-state index contributed by atoms with van der Waals surface area (Å²) in [5.74, 6) is -0.575. The van der Waals surface area contributed by atoms with Crippen LogP contribution in [0.1, 0.15) is 21.1 Å². The summed E-state index contributed by atoms with van der Waals surface area (Å²) in [7, 11) is 0. The first-order valence-corrected chi connectivity index (χ1v) is 6.74. The number of rotatable bonds is 5. The molecule has 0 fully saturated rings. The molecular weight excluding hydrogens is 265 g/mol. The smallest absolute Gasteiger partial charge is 0.271 e. The fraction of sp³-hybridized carbons (Fsp3) is 0.231. The maximum absolute atomic E-state index is 13.0. The molecule has 2 rings (SSSR count). The van der Waals surface area contributed by atoms with Gasteiger partial charge in [-0.05, 0) is 24.2 Å². The molecule has 4 nitrogen and oxygen atoms in total. The van der Waals surface area contributed by atoms with E-state index in [0.29, 0.717) is 24.2 Å². The number of benzene rings is 1. The van der Waals surface area contributed by atoms with Crippen LogP contribution in [-0.4, -0.2) is 17.4 Å². The van der Waals surface area contributed by atoms with Gasteiger partial charge in [-0.3, -0.25) is 4.79 Å². The van der Waals surface area contributed by atoms with Crippen molar-refractivity contribution in [3.05, 3.63) is 51.7 Å². The highest BCUT2D eigenvalue weighted by atomic mass is 32.1. The molecule has 0 unspecified atom stereocenters. The zero-order chi connectivity index (χ0) is 13.7. The van der Waals surface area contributed by atoms with E-state index in [2.05, 4.69) is 10.3 Å². The van der Waals surface area contributed by atoms with E-state index in [1.807, 2.05) is 0 Å². The van der Waals surface area contributed by atoms with E-state index in [4.69, 9.17) is 5.73 Å². The molecule has 0 bridgehead atoms. The first-order chi connectivity index (χ1) is 9.19. The van der Waals surface area contributed by atoms with Crippen molar-refractivity contribution in [2.45, 2.75) is 13.0 Å². The highest BCUT2D eigenvalue weighted by Crippen LogP contribution is 2.10. The first kappa shape index (κ1) is 13.6. The molecule has 3 N–H and O–H groups in total. The lowest BCUT2D eigenvalue weighted by Gasteiger charge is -2.03. The lowest BCUT2D eigenvalue weighted by Crippen LogP contribution is -2.23. The lowest BCUT2D eigenvalue weighted by molar-refractivity contribution is 0.0946. The van der Waals surface area contributed by atoms with Gasteiger partial charge >= 0.3 is 0 Å². The number of hydrogen-bond acceptors (Lipinski definition) is 4. The molecule has 0 atom stereocenters. The number of carbonyl (C=O) groups excluding carboxylic acids is 1. The largest absolute Gasteiger partial charge is 0.347 e. The van der Waals surface area contributed by atoms with E-state index in [9.17, 15) is 9.18 Å². The minimum Gasteiger partial charge on any atom is -0.347 e.